The summed E-state index contributed by atoms with van der Waals surface area (Å²) in [4.78, 5) is 13.2. The third-order valence-corrected chi connectivity index (χ3v) is 4.45. The van der Waals surface area contributed by atoms with Gasteiger partial charge in [-0.3, -0.25) is 4.79 Å². The van der Waals surface area contributed by atoms with Gasteiger partial charge in [-0.25, -0.2) is 0 Å². The highest BCUT2D eigenvalue weighted by Crippen LogP contribution is 2.36. The third kappa shape index (κ3) is 3.78. The largest absolute Gasteiger partial charge is 0.491 e. The number of rotatable bonds is 5. The first-order valence-electron chi connectivity index (χ1n) is 8.58. The number of Topliss-reactive ketones (excluding diaryl/α,β-unsaturated/α-hetero) is 1. The number of carbonyl (C=O) groups is 1. The van der Waals surface area contributed by atoms with Crippen molar-refractivity contribution in [3.05, 3.63) is 78.0 Å². The maximum absolute atomic E-state index is 13.2. The van der Waals surface area contributed by atoms with E-state index in [1.54, 1.807) is 0 Å². The average Bonchev–Trinajstić information content (AvgIpc) is 2.61. The van der Waals surface area contributed by atoms with Gasteiger partial charge in [0, 0.05) is 16.8 Å². The van der Waals surface area contributed by atoms with Crippen LogP contribution in [0.4, 0.5) is 0 Å². The maximum atomic E-state index is 13.2. The van der Waals surface area contributed by atoms with Crippen LogP contribution in [0.15, 0.2) is 66.9 Å². The molecule has 0 unspecified atom stereocenters. The Morgan fingerprint density at radius 1 is 1.12 bits per heavy atom. The molecule has 0 amide bonds. The van der Waals surface area contributed by atoms with Gasteiger partial charge in [0.25, 0.3) is 0 Å². The van der Waals surface area contributed by atoms with Crippen molar-refractivity contribution in [3.8, 4) is 5.75 Å². The molecule has 0 radical (unpaired) electrons. The summed E-state index contributed by atoms with van der Waals surface area (Å²) >= 11 is 5.31. The minimum absolute atomic E-state index is 0.0116. The van der Waals surface area contributed by atoms with E-state index in [0.717, 1.165) is 11.3 Å². The SMILES string of the molecule is C=C1NC(=S)N[C@@H](c2ccccc2OC(C)C)[C@@H]1C(=O)c1ccccc1. The minimum Gasteiger partial charge on any atom is -0.491 e. The molecule has 1 aliphatic rings. The van der Waals surface area contributed by atoms with E-state index in [0.29, 0.717) is 16.4 Å². The molecule has 0 bridgehead atoms. The Kier molecular flexibility index (Phi) is 5.38. The Hall–Kier alpha value is -2.66. The fourth-order valence-electron chi connectivity index (χ4n) is 3.13. The predicted octanol–water partition coefficient (Wildman–Crippen LogP) is 4.01. The molecule has 2 atom stereocenters. The normalized spacial score (nSPS) is 19.7. The summed E-state index contributed by atoms with van der Waals surface area (Å²) in [5.74, 6) is 0.229. The number of hydrogen-bond donors (Lipinski definition) is 2. The number of ketones is 1. The van der Waals surface area contributed by atoms with Crippen molar-refractivity contribution in [1.29, 1.82) is 0 Å². The van der Waals surface area contributed by atoms with Crippen molar-refractivity contribution >= 4 is 23.1 Å². The molecule has 3 rings (SSSR count). The fourth-order valence-corrected chi connectivity index (χ4v) is 3.39. The van der Waals surface area contributed by atoms with E-state index in [1.165, 1.54) is 0 Å². The predicted molar refractivity (Wildman–Crippen MR) is 107 cm³/mol. The molecule has 134 valence electrons. The van der Waals surface area contributed by atoms with Crippen LogP contribution in [0.25, 0.3) is 0 Å². The smallest absolute Gasteiger partial charge is 0.174 e. The monoisotopic (exact) mass is 366 g/mol. The van der Waals surface area contributed by atoms with Crippen molar-refractivity contribution in [2.24, 2.45) is 5.92 Å². The number of thiocarbonyl (C=S) groups is 1. The van der Waals surface area contributed by atoms with E-state index < -0.39 is 5.92 Å². The Morgan fingerprint density at radius 3 is 2.46 bits per heavy atom. The van der Waals surface area contributed by atoms with Gasteiger partial charge in [-0.2, -0.15) is 0 Å². The molecule has 5 heteroatoms. The molecule has 0 spiro atoms. The van der Waals surface area contributed by atoms with Crippen molar-refractivity contribution in [1.82, 2.24) is 10.6 Å². The highest BCUT2D eigenvalue weighted by atomic mass is 32.1. The zero-order valence-electron chi connectivity index (χ0n) is 14.9. The lowest BCUT2D eigenvalue weighted by Gasteiger charge is -2.36. The van der Waals surface area contributed by atoms with Gasteiger partial charge in [0.2, 0.25) is 0 Å². The van der Waals surface area contributed by atoms with Crippen LogP contribution in [-0.2, 0) is 0 Å². The van der Waals surface area contributed by atoms with E-state index in [-0.39, 0.29) is 17.9 Å². The molecule has 0 saturated carbocycles. The van der Waals surface area contributed by atoms with Crippen molar-refractivity contribution in [2.45, 2.75) is 26.0 Å². The molecule has 1 heterocycles. The second kappa shape index (κ2) is 7.70. The van der Waals surface area contributed by atoms with Gasteiger partial charge < -0.3 is 15.4 Å². The quantitative estimate of drug-likeness (QED) is 0.619. The van der Waals surface area contributed by atoms with Crippen molar-refractivity contribution in [2.75, 3.05) is 0 Å². The number of carbonyl (C=O) groups excluding carboxylic acids is 1. The van der Waals surface area contributed by atoms with Crippen LogP contribution in [0, 0.1) is 5.92 Å². The van der Waals surface area contributed by atoms with Gasteiger partial charge in [-0.1, -0.05) is 55.1 Å². The lowest BCUT2D eigenvalue weighted by Crippen LogP contribution is -2.50. The summed E-state index contributed by atoms with van der Waals surface area (Å²) in [6, 6.07) is 16.6. The molecular formula is C21H22N2O2S. The number of benzene rings is 2. The Bertz CT molecular complexity index is 833. The Morgan fingerprint density at radius 2 is 1.77 bits per heavy atom. The first kappa shape index (κ1) is 18.1. The maximum Gasteiger partial charge on any atom is 0.174 e. The van der Waals surface area contributed by atoms with E-state index in [1.807, 2.05) is 68.4 Å². The van der Waals surface area contributed by atoms with Gasteiger partial charge in [-0.05, 0) is 32.1 Å². The summed E-state index contributed by atoms with van der Waals surface area (Å²) in [6.07, 6.45) is 0.0243. The summed E-state index contributed by atoms with van der Waals surface area (Å²) < 4.78 is 5.96. The second-order valence-electron chi connectivity index (χ2n) is 6.51. The van der Waals surface area contributed by atoms with Crippen molar-refractivity contribution < 1.29 is 9.53 Å². The van der Waals surface area contributed by atoms with E-state index in [9.17, 15) is 4.79 Å². The van der Waals surface area contributed by atoms with Gasteiger partial charge in [0.15, 0.2) is 10.9 Å². The van der Waals surface area contributed by atoms with Crippen LogP contribution < -0.4 is 15.4 Å². The Labute approximate surface area is 159 Å². The number of nitrogens with one attached hydrogen (secondary N) is 2. The highest BCUT2D eigenvalue weighted by Gasteiger charge is 2.38. The number of hydrogen-bond acceptors (Lipinski definition) is 3. The molecule has 2 aromatic carbocycles. The van der Waals surface area contributed by atoms with Crippen LogP contribution in [0.5, 0.6) is 5.75 Å². The summed E-state index contributed by atoms with van der Waals surface area (Å²) in [6.45, 7) is 8.01. The van der Waals surface area contributed by atoms with Crippen LogP contribution in [0.1, 0.15) is 35.8 Å². The van der Waals surface area contributed by atoms with Gasteiger partial charge in [0.05, 0.1) is 18.1 Å². The van der Waals surface area contributed by atoms with E-state index in [4.69, 9.17) is 17.0 Å². The van der Waals surface area contributed by atoms with E-state index >= 15 is 0 Å². The van der Waals surface area contributed by atoms with Gasteiger partial charge in [0.1, 0.15) is 5.75 Å². The van der Waals surface area contributed by atoms with Crippen LogP contribution in [0.3, 0.4) is 0 Å². The van der Waals surface area contributed by atoms with Gasteiger partial charge in [-0.15, -0.1) is 0 Å². The first-order valence-corrected chi connectivity index (χ1v) is 8.99. The highest BCUT2D eigenvalue weighted by molar-refractivity contribution is 7.80. The summed E-state index contributed by atoms with van der Waals surface area (Å²) in [7, 11) is 0. The second-order valence-corrected chi connectivity index (χ2v) is 6.92. The van der Waals surface area contributed by atoms with Crippen LogP contribution in [0.2, 0.25) is 0 Å². The molecule has 1 aliphatic heterocycles. The molecule has 4 nitrogen and oxygen atoms in total. The number of para-hydroxylation sites is 1. The summed E-state index contributed by atoms with van der Waals surface area (Å²) in [5.41, 5.74) is 2.12. The van der Waals surface area contributed by atoms with Crippen LogP contribution >= 0.6 is 12.2 Å². The molecule has 26 heavy (non-hydrogen) atoms. The topological polar surface area (TPSA) is 50.4 Å². The Balaban J connectivity index is 2.03. The van der Waals surface area contributed by atoms with Crippen molar-refractivity contribution in [3.63, 3.8) is 0 Å². The molecule has 1 saturated heterocycles. The fraction of sp³-hybridized carbons (Fsp3) is 0.238. The standard InChI is InChI=1S/C21H22N2O2S/c1-13(2)25-17-12-8-7-11-16(17)19-18(14(3)22-21(26)23-19)20(24)15-9-5-4-6-10-15/h4-13,18-19H,3H2,1-2H3,(H2,22,23,26)/t18-,19+/m1/s1. The third-order valence-electron chi connectivity index (χ3n) is 4.23. The molecule has 1 fully saturated rings. The molecule has 2 aromatic rings. The zero-order chi connectivity index (χ0) is 18.7. The molecule has 0 aliphatic carbocycles. The lowest BCUT2D eigenvalue weighted by atomic mass is 9.83. The minimum atomic E-state index is -0.499. The van der Waals surface area contributed by atoms with Crippen LogP contribution in [-0.4, -0.2) is 17.0 Å². The summed E-state index contributed by atoms with van der Waals surface area (Å²) in [5, 5.41) is 6.70. The average molecular weight is 366 g/mol. The molecular weight excluding hydrogens is 344 g/mol. The lowest BCUT2D eigenvalue weighted by molar-refractivity contribution is 0.0911. The first-order chi connectivity index (χ1) is 12.5. The van der Waals surface area contributed by atoms with Gasteiger partial charge >= 0.3 is 0 Å². The number of ether oxygens (including phenoxy) is 1. The molecule has 2 N–H and O–H groups in total. The zero-order valence-corrected chi connectivity index (χ0v) is 15.7. The van der Waals surface area contributed by atoms with E-state index in [2.05, 4.69) is 17.2 Å². The molecule has 0 aromatic heterocycles.